The second kappa shape index (κ2) is 5.32. The molecule has 1 aliphatic rings. The highest BCUT2D eigenvalue weighted by atomic mass is 79.9. The van der Waals surface area contributed by atoms with Gasteiger partial charge in [0.15, 0.2) is 5.16 Å². The molecule has 0 saturated heterocycles. The van der Waals surface area contributed by atoms with Gasteiger partial charge in [-0.3, -0.25) is 0 Å². The zero-order chi connectivity index (χ0) is 12.5. The lowest BCUT2D eigenvalue weighted by molar-refractivity contribution is 0.626. The van der Waals surface area contributed by atoms with E-state index in [2.05, 4.69) is 42.1 Å². The van der Waals surface area contributed by atoms with E-state index in [0.717, 1.165) is 16.7 Å². The molecule has 0 aliphatic heterocycles. The van der Waals surface area contributed by atoms with Crippen LogP contribution in [-0.4, -0.2) is 14.8 Å². The molecule has 0 aromatic carbocycles. The minimum absolute atomic E-state index is 0.466. The first-order valence-corrected chi connectivity index (χ1v) is 8.43. The summed E-state index contributed by atoms with van der Waals surface area (Å²) in [7, 11) is 0. The topological polar surface area (TPSA) is 56.7 Å². The molecule has 0 spiro atoms. The summed E-state index contributed by atoms with van der Waals surface area (Å²) in [5.74, 6) is 1.84. The molecule has 0 atom stereocenters. The predicted octanol–water partition coefficient (Wildman–Crippen LogP) is 3.19. The summed E-state index contributed by atoms with van der Waals surface area (Å²) in [5, 5.41) is 11.6. The van der Waals surface area contributed by atoms with Crippen molar-refractivity contribution in [3.05, 3.63) is 26.6 Å². The summed E-state index contributed by atoms with van der Waals surface area (Å²) in [4.78, 5) is 0. The smallest absolute Gasteiger partial charge is 0.191 e. The normalized spacial score (nSPS) is 15.2. The van der Waals surface area contributed by atoms with Crippen molar-refractivity contribution in [2.24, 2.45) is 5.73 Å². The average molecular weight is 345 g/mol. The van der Waals surface area contributed by atoms with Crippen molar-refractivity contribution >= 4 is 39.0 Å². The van der Waals surface area contributed by atoms with Crippen molar-refractivity contribution in [1.29, 1.82) is 0 Å². The SMILES string of the molecule is NCc1nnc(SCc2csc(Br)c2)n1C1CC1. The summed E-state index contributed by atoms with van der Waals surface area (Å²) < 4.78 is 3.39. The summed E-state index contributed by atoms with van der Waals surface area (Å²) in [6.45, 7) is 0.466. The van der Waals surface area contributed by atoms with Crippen LogP contribution in [0.25, 0.3) is 0 Å². The first-order valence-electron chi connectivity index (χ1n) is 5.77. The summed E-state index contributed by atoms with van der Waals surface area (Å²) in [5.41, 5.74) is 7.02. The van der Waals surface area contributed by atoms with Crippen molar-refractivity contribution in [3.63, 3.8) is 0 Å². The van der Waals surface area contributed by atoms with Crippen LogP contribution in [0.2, 0.25) is 0 Å². The molecule has 1 fully saturated rings. The minimum atomic E-state index is 0.466. The second-order valence-electron chi connectivity index (χ2n) is 4.25. The van der Waals surface area contributed by atoms with Gasteiger partial charge in [-0.15, -0.1) is 21.5 Å². The zero-order valence-corrected chi connectivity index (χ0v) is 12.9. The summed E-state index contributed by atoms with van der Waals surface area (Å²) in [6.07, 6.45) is 2.45. The van der Waals surface area contributed by atoms with Crippen LogP contribution in [0.4, 0.5) is 0 Å². The van der Waals surface area contributed by atoms with Crippen LogP contribution in [-0.2, 0) is 12.3 Å². The molecule has 4 nitrogen and oxygen atoms in total. The van der Waals surface area contributed by atoms with Crippen LogP contribution in [0.15, 0.2) is 20.4 Å². The van der Waals surface area contributed by atoms with E-state index in [0.29, 0.717) is 12.6 Å². The number of nitrogens with zero attached hydrogens (tertiary/aromatic N) is 3. The number of nitrogens with two attached hydrogens (primary N) is 1. The van der Waals surface area contributed by atoms with Crippen molar-refractivity contribution in [2.45, 2.75) is 36.3 Å². The molecule has 1 aliphatic carbocycles. The van der Waals surface area contributed by atoms with E-state index >= 15 is 0 Å². The van der Waals surface area contributed by atoms with Gasteiger partial charge in [0.05, 0.1) is 10.3 Å². The highest BCUT2D eigenvalue weighted by Gasteiger charge is 2.29. The number of thioether (sulfide) groups is 1. The first kappa shape index (κ1) is 12.7. The molecule has 2 aromatic rings. The molecule has 18 heavy (non-hydrogen) atoms. The van der Waals surface area contributed by atoms with Crippen molar-refractivity contribution in [1.82, 2.24) is 14.8 Å². The van der Waals surface area contributed by atoms with E-state index in [1.807, 2.05) is 0 Å². The quantitative estimate of drug-likeness (QED) is 0.846. The Balaban J connectivity index is 1.74. The van der Waals surface area contributed by atoms with E-state index in [1.54, 1.807) is 23.1 Å². The van der Waals surface area contributed by atoms with Gasteiger partial charge in [0.1, 0.15) is 5.82 Å². The predicted molar refractivity (Wildman–Crippen MR) is 77.8 cm³/mol. The van der Waals surface area contributed by atoms with E-state index < -0.39 is 0 Å². The van der Waals surface area contributed by atoms with Crippen LogP contribution < -0.4 is 5.73 Å². The fraction of sp³-hybridized carbons (Fsp3) is 0.455. The van der Waals surface area contributed by atoms with E-state index in [4.69, 9.17) is 5.73 Å². The number of halogens is 1. The van der Waals surface area contributed by atoms with Gasteiger partial charge in [-0.25, -0.2) is 0 Å². The Labute approximate surface area is 122 Å². The number of hydrogen-bond acceptors (Lipinski definition) is 5. The van der Waals surface area contributed by atoms with Gasteiger partial charge in [0.2, 0.25) is 0 Å². The van der Waals surface area contributed by atoms with Crippen LogP contribution in [0, 0.1) is 0 Å². The molecule has 7 heteroatoms. The number of hydrogen-bond donors (Lipinski definition) is 1. The van der Waals surface area contributed by atoms with Gasteiger partial charge in [-0.2, -0.15) is 0 Å². The molecule has 96 valence electrons. The zero-order valence-electron chi connectivity index (χ0n) is 9.67. The summed E-state index contributed by atoms with van der Waals surface area (Å²) >= 11 is 6.93. The third kappa shape index (κ3) is 2.64. The molecule has 0 amide bonds. The standard InChI is InChI=1S/C11H13BrN4S2/c12-9-3-7(5-17-9)6-18-11-15-14-10(4-13)16(11)8-1-2-8/h3,5,8H,1-2,4,6,13H2. The maximum atomic E-state index is 5.70. The molecule has 2 N–H and O–H groups in total. The van der Waals surface area contributed by atoms with Gasteiger partial charge in [-0.05, 0) is 45.8 Å². The van der Waals surface area contributed by atoms with Gasteiger partial charge in [0, 0.05) is 11.8 Å². The van der Waals surface area contributed by atoms with E-state index in [-0.39, 0.29) is 0 Å². The largest absolute Gasteiger partial charge is 0.324 e. The molecular formula is C11H13BrN4S2. The number of rotatable bonds is 5. The Morgan fingerprint density at radius 1 is 1.50 bits per heavy atom. The number of thiophene rings is 1. The first-order chi connectivity index (χ1) is 8.78. The monoisotopic (exact) mass is 344 g/mol. The molecule has 0 bridgehead atoms. The van der Waals surface area contributed by atoms with Gasteiger partial charge >= 0.3 is 0 Å². The van der Waals surface area contributed by atoms with Gasteiger partial charge < -0.3 is 10.3 Å². The van der Waals surface area contributed by atoms with Gasteiger partial charge in [-0.1, -0.05) is 11.8 Å². The molecule has 2 heterocycles. The van der Waals surface area contributed by atoms with Gasteiger partial charge in [0.25, 0.3) is 0 Å². The van der Waals surface area contributed by atoms with E-state index in [1.165, 1.54) is 22.2 Å². The molecular weight excluding hydrogens is 332 g/mol. The lowest BCUT2D eigenvalue weighted by Crippen LogP contribution is -2.07. The second-order valence-corrected chi connectivity index (χ2v) is 7.48. The highest BCUT2D eigenvalue weighted by Crippen LogP contribution is 2.39. The van der Waals surface area contributed by atoms with Crippen molar-refractivity contribution in [3.8, 4) is 0 Å². The molecule has 0 unspecified atom stereocenters. The third-order valence-electron chi connectivity index (χ3n) is 2.82. The number of aromatic nitrogens is 3. The summed E-state index contributed by atoms with van der Waals surface area (Å²) in [6, 6.07) is 2.73. The lowest BCUT2D eigenvalue weighted by Gasteiger charge is -2.06. The Morgan fingerprint density at radius 3 is 2.94 bits per heavy atom. The molecule has 0 radical (unpaired) electrons. The molecule has 3 rings (SSSR count). The van der Waals surface area contributed by atoms with Crippen LogP contribution in [0.1, 0.15) is 30.3 Å². The molecule has 2 aromatic heterocycles. The fourth-order valence-electron chi connectivity index (χ4n) is 1.81. The lowest BCUT2D eigenvalue weighted by atomic mass is 10.4. The van der Waals surface area contributed by atoms with E-state index in [9.17, 15) is 0 Å². The van der Waals surface area contributed by atoms with Crippen LogP contribution in [0.5, 0.6) is 0 Å². The Kier molecular flexibility index (Phi) is 3.74. The minimum Gasteiger partial charge on any atom is -0.324 e. The Bertz CT molecular complexity index is 547. The maximum Gasteiger partial charge on any atom is 0.191 e. The third-order valence-corrected chi connectivity index (χ3v) is 5.39. The maximum absolute atomic E-state index is 5.70. The Hall–Kier alpha value is -0.370. The fourth-order valence-corrected chi connectivity index (χ4v) is 4.08. The Morgan fingerprint density at radius 2 is 2.33 bits per heavy atom. The molecule has 1 saturated carbocycles. The average Bonchev–Trinajstić information content (AvgIpc) is 2.99. The van der Waals surface area contributed by atoms with Crippen LogP contribution in [0.3, 0.4) is 0 Å². The van der Waals surface area contributed by atoms with Crippen molar-refractivity contribution in [2.75, 3.05) is 0 Å². The highest BCUT2D eigenvalue weighted by molar-refractivity contribution is 9.11. The van der Waals surface area contributed by atoms with Crippen LogP contribution >= 0.6 is 39.0 Å². The van der Waals surface area contributed by atoms with Crippen molar-refractivity contribution < 1.29 is 0 Å².